The lowest BCUT2D eigenvalue weighted by molar-refractivity contribution is 0.0479. The minimum Gasteiger partial charge on any atom is -0.394 e. The number of nitrogens with one attached hydrogen (secondary N) is 1. The van der Waals surface area contributed by atoms with Crippen LogP contribution in [-0.4, -0.2) is 48.3 Å². The van der Waals surface area contributed by atoms with Gasteiger partial charge >= 0.3 is 0 Å². The fourth-order valence-corrected chi connectivity index (χ4v) is 2.70. The van der Waals surface area contributed by atoms with Crippen LogP contribution in [0.2, 0.25) is 0 Å². The molecule has 0 spiro atoms. The van der Waals surface area contributed by atoms with Gasteiger partial charge in [-0.05, 0) is 44.0 Å². The molecule has 106 valence electrons. The van der Waals surface area contributed by atoms with E-state index in [9.17, 15) is 9.50 Å². The van der Waals surface area contributed by atoms with Crippen molar-refractivity contribution in [2.45, 2.75) is 25.3 Å². The van der Waals surface area contributed by atoms with E-state index in [0.29, 0.717) is 0 Å². The van der Waals surface area contributed by atoms with E-state index in [2.05, 4.69) is 17.1 Å². The van der Waals surface area contributed by atoms with E-state index in [-0.39, 0.29) is 18.0 Å². The van der Waals surface area contributed by atoms with Crippen LogP contribution in [0.15, 0.2) is 24.3 Å². The average molecular weight is 266 g/mol. The van der Waals surface area contributed by atoms with Crippen LogP contribution in [0.5, 0.6) is 0 Å². The van der Waals surface area contributed by atoms with E-state index in [1.807, 2.05) is 0 Å². The molecular formula is C15H23FN2O. The first-order valence-electron chi connectivity index (χ1n) is 6.95. The number of aliphatic hydroxyl groups is 1. The smallest absolute Gasteiger partial charge is 0.123 e. The second-order valence-corrected chi connectivity index (χ2v) is 5.55. The summed E-state index contributed by atoms with van der Waals surface area (Å²) >= 11 is 0. The topological polar surface area (TPSA) is 35.5 Å². The molecule has 1 aromatic rings. The molecule has 0 aliphatic carbocycles. The van der Waals surface area contributed by atoms with Crippen LogP contribution in [0.4, 0.5) is 4.39 Å². The van der Waals surface area contributed by atoms with Crippen molar-refractivity contribution in [1.29, 1.82) is 0 Å². The Kier molecular flexibility index (Phi) is 4.91. The minimum atomic E-state index is -0.274. The van der Waals surface area contributed by atoms with E-state index < -0.39 is 0 Å². The molecule has 1 fully saturated rings. The molecule has 1 atom stereocenters. The highest BCUT2D eigenvalue weighted by Gasteiger charge is 2.31. The third kappa shape index (κ3) is 3.75. The Balaban J connectivity index is 2.09. The van der Waals surface area contributed by atoms with Gasteiger partial charge in [0, 0.05) is 25.2 Å². The molecule has 4 heteroatoms. The second kappa shape index (κ2) is 6.46. The highest BCUT2D eigenvalue weighted by atomic mass is 19.1. The maximum Gasteiger partial charge on any atom is 0.123 e. The SMILES string of the molecule is CC(CO)(Cc1ccc(F)cc1)N1CCCNCC1. The predicted octanol–water partition coefficient (Wildman–Crippen LogP) is 1.41. The standard InChI is InChI=1S/C15H23FN2O/c1-15(12-19,18-9-2-7-17-8-10-18)11-13-3-5-14(16)6-4-13/h3-6,17,19H,2,7-12H2,1H3. The van der Waals surface area contributed by atoms with Crippen LogP contribution in [0.25, 0.3) is 0 Å². The molecule has 1 unspecified atom stereocenters. The maximum absolute atomic E-state index is 12.9. The number of hydrogen-bond donors (Lipinski definition) is 2. The van der Waals surface area contributed by atoms with Crippen LogP contribution >= 0.6 is 0 Å². The normalized spacial score (nSPS) is 20.8. The van der Waals surface area contributed by atoms with Gasteiger partial charge in [-0.25, -0.2) is 4.39 Å². The molecule has 0 bridgehead atoms. The highest BCUT2D eigenvalue weighted by molar-refractivity contribution is 5.19. The second-order valence-electron chi connectivity index (χ2n) is 5.55. The Morgan fingerprint density at radius 3 is 2.68 bits per heavy atom. The monoisotopic (exact) mass is 266 g/mol. The van der Waals surface area contributed by atoms with Gasteiger partial charge in [0.2, 0.25) is 0 Å². The summed E-state index contributed by atoms with van der Waals surface area (Å²) in [5, 5.41) is 13.2. The lowest BCUT2D eigenvalue weighted by atomic mass is 9.91. The van der Waals surface area contributed by atoms with E-state index in [0.717, 1.165) is 44.6 Å². The number of nitrogens with zero attached hydrogens (tertiary/aromatic N) is 1. The van der Waals surface area contributed by atoms with Gasteiger partial charge in [0.15, 0.2) is 0 Å². The zero-order chi connectivity index (χ0) is 13.7. The van der Waals surface area contributed by atoms with Gasteiger partial charge in [-0.1, -0.05) is 12.1 Å². The van der Waals surface area contributed by atoms with Crippen molar-refractivity contribution in [2.75, 3.05) is 32.8 Å². The van der Waals surface area contributed by atoms with Gasteiger partial charge in [-0.15, -0.1) is 0 Å². The maximum atomic E-state index is 12.9. The van der Waals surface area contributed by atoms with Gasteiger partial charge in [-0.2, -0.15) is 0 Å². The molecule has 0 radical (unpaired) electrons. The number of benzene rings is 1. The van der Waals surface area contributed by atoms with E-state index in [1.54, 1.807) is 12.1 Å². The fraction of sp³-hybridized carbons (Fsp3) is 0.600. The fourth-order valence-electron chi connectivity index (χ4n) is 2.70. The summed E-state index contributed by atoms with van der Waals surface area (Å²) in [5.41, 5.74) is 0.791. The largest absolute Gasteiger partial charge is 0.394 e. The van der Waals surface area contributed by atoms with Crippen LogP contribution in [0, 0.1) is 5.82 Å². The van der Waals surface area contributed by atoms with Crippen molar-refractivity contribution in [1.82, 2.24) is 10.2 Å². The van der Waals surface area contributed by atoms with Gasteiger partial charge < -0.3 is 10.4 Å². The Morgan fingerprint density at radius 1 is 1.26 bits per heavy atom. The molecule has 1 aliphatic heterocycles. The predicted molar refractivity (Wildman–Crippen MR) is 74.7 cm³/mol. The third-order valence-corrected chi connectivity index (χ3v) is 3.94. The molecule has 2 N–H and O–H groups in total. The van der Waals surface area contributed by atoms with Gasteiger partial charge in [0.1, 0.15) is 5.82 Å². The summed E-state index contributed by atoms with van der Waals surface area (Å²) in [5.74, 6) is -0.214. The van der Waals surface area contributed by atoms with Crippen LogP contribution in [-0.2, 0) is 6.42 Å². The molecule has 19 heavy (non-hydrogen) atoms. The Morgan fingerprint density at radius 2 is 2.00 bits per heavy atom. The molecule has 1 saturated heterocycles. The van der Waals surface area contributed by atoms with E-state index >= 15 is 0 Å². The number of aliphatic hydroxyl groups excluding tert-OH is 1. The first kappa shape index (κ1) is 14.4. The van der Waals surface area contributed by atoms with Crippen molar-refractivity contribution >= 4 is 0 Å². The molecule has 0 aromatic heterocycles. The molecule has 1 aromatic carbocycles. The average Bonchev–Trinajstić information content (AvgIpc) is 2.71. The van der Waals surface area contributed by atoms with Crippen molar-refractivity contribution in [3.05, 3.63) is 35.6 Å². The summed E-state index contributed by atoms with van der Waals surface area (Å²) in [4.78, 5) is 2.34. The summed E-state index contributed by atoms with van der Waals surface area (Å²) in [6.45, 7) is 6.13. The third-order valence-electron chi connectivity index (χ3n) is 3.94. The number of rotatable bonds is 4. The molecular weight excluding hydrogens is 243 g/mol. The van der Waals surface area contributed by atoms with Crippen LogP contribution in [0.3, 0.4) is 0 Å². The summed E-state index contributed by atoms with van der Waals surface area (Å²) < 4.78 is 12.9. The van der Waals surface area contributed by atoms with Crippen molar-refractivity contribution in [2.24, 2.45) is 0 Å². The summed E-state index contributed by atoms with van der Waals surface area (Å²) in [6, 6.07) is 6.58. The molecule has 0 amide bonds. The number of halogens is 1. The van der Waals surface area contributed by atoms with E-state index in [4.69, 9.17) is 0 Å². The first-order valence-corrected chi connectivity index (χ1v) is 6.95. The zero-order valence-corrected chi connectivity index (χ0v) is 11.5. The first-order chi connectivity index (χ1) is 9.14. The van der Waals surface area contributed by atoms with Gasteiger partial charge in [-0.3, -0.25) is 4.90 Å². The summed E-state index contributed by atoms with van der Waals surface area (Å²) in [7, 11) is 0. The van der Waals surface area contributed by atoms with E-state index in [1.165, 1.54) is 12.1 Å². The quantitative estimate of drug-likeness (QED) is 0.865. The Hall–Kier alpha value is -0.970. The lowest BCUT2D eigenvalue weighted by Gasteiger charge is -2.39. The highest BCUT2D eigenvalue weighted by Crippen LogP contribution is 2.21. The zero-order valence-electron chi connectivity index (χ0n) is 11.5. The minimum absolute atomic E-state index is 0.115. The Bertz CT molecular complexity index is 388. The van der Waals surface area contributed by atoms with Crippen LogP contribution in [0.1, 0.15) is 18.9 Å². The lowest BCUT2D eigenvalue weighted by Crippen LogP contribution is -2.52. The molecule has 1 aliphatic rings. The van der Waals surface area contributed by atoms with Gasteiger partial charge in [0.25, 0.3) is 0 Å². The molecule has 1 heterocycles. The number of hydrogen-bond acceptors (Lipinski definition) is 3. The van der Waals surface area contributed by atoms with Crippen molar-refractivity contribution in [3.63, 3.8) is 0 Å². The van der Waals surface area contributed by atoms with Crippen molar-refractivity contribution < 1.29 is 9.50 Å². The van der Waals surface area contributed by atoms with Crippen LogP contribution < -0.4 is 5.32 Å². The molecule has 0 saturated carbocycles. The molecule has 2 rings (SSSR count). The summed E-state index contributed by atoms with van der Waals surface area (Å²) in [6.07, 6.45) is 1.84. The Labute approximate surface area is 114 Å². The molecule has 3 nitrogen and oxygen atoms in total. The van der Waals surface area contributed by atoms with Gasteiger partial charge in [0.05, 0.1) is 6.61 Å². The van der Waals surface area contributed by atoms with Crippen molar-refractivity contribution in [3.8, 4) is 0 Å².